The van der Waals surface area contributed by atoms with Crippen LogP contribution in [0.5, 0.6) is 0 Å². The third-order valence-electron chi connectivity index (χ3n) is 3.04. The average Bonchev–Trinajstić information content (AvgIpc) is 2.39. The summed E-state index contributed by atoms with van der Waals surface area (Å²) in [6.07, 6.45) is 1.17. The third-order valence-corrected chi connectivity index (χ3v) is 3.75. The maximum absolute atomic E-state index is 13.2. The van der Waals surface area contributed by atoms with Crippen molar-refractivity contribution in [2.24, 2.45) is 5.84 Å². The Balaban J connectivity index is 2.06. The standard InChI is InChI=1S/C15H15F2IN2/c16-12-5-11(6-13(17)9-12)8-15(20-19)7-10-1-3-14(18)4-2-10/h1-6,9,15,20H,7-8,19H2. The van der Waals surface area contributed by atoms with Crippen molar-refractivity contribution in [3.63, 3.8) is 0 Å². The van der Waals surface area contributed by atoms with Crippen molar-refractivity contribution >= 4 is 22.6 Å². The van der Waals surface area contributed by atoms with E-state index < -0.39 is 11.6 Å². The van der Waals surface area contributed by atoms with Crippen molar-refractivity contribution in [3.05, 3.63) is 68.8 Å². The van der Waals surface area contributed by atoms with Crippen LogP contribution in [0, 0.1) is 15.2 Å². The van der Waals surface area contributed by atoms with E-state index >= 15 is 0 Å². The lowest BCUT2D eigenvalue weighted by Crippen LogP contribution is -2.38. The monoisotopic (exact) mass is 388 g/mol. The van der Waals surface area contributed by atoms with Gasteiger partial charge in [0.2, 0.25) is 0 Å². The lowest BCUT2D eigenvalue weighted by molar-refractivity contribution is 0.516. The molecule has 0 heterocycles. The van der Waals surface area contributed by atoms with Gasteiger partial charge in [-0.3, -0.25) is 11.3 Å². The quantitative estimate of drug-likeness (QED) is 0.469. The van der Waals surface area contributed by atoms with Crippen LogP contribution in [0.1, 0.15) is 11.1 Å². The summed E-state index contributed by atoms with van der Waals surface area (Å²) in [5, 5.41) is 0. The van der Waals surface area contributed by atoms with Crippen LogP contribution in [-0.4, -0.2) is 6.04 Å². The number of nitrogens with two attached hydrogens (primary N) is 1. The topological polar surface area (TPSA) is 38.0 Å². The Bertz CT molecular complexity index is 552. The molecule has 0 bridgehead atoms. The lowest BCUT2D eigenvalue weighted by atomic mass is 9.99. The summed E-state index contributed by atoms with van der Waals surface area (Å²) in [4.78, 5) is 0. The van der Waals surface area contributed by atoms with Crippen LogP contribution in [0.2, 0.25) is 0 Å². The van der Waals surface area contributed by atoms with Gasteiger partial charge in [-0.05, 0) is 70.8 Å². The first-order valence-electron chi connectivity index (χ1n) is 6.22. The average molecular weight is 388 g/mol. The first kappa shape index (κ1) is 15.3. The largest absolute Gasteiger partial charge is 0.271 e. The highest BCUT2D eigenvalue weighted by molar-refractivity contribution is 14.1. The molecule has 2 nitrogen and oxygen atoms in total. The highest BCUT2D eigenvalue weighted by Gasteiger charge is 2.10. The number of benzene rings is 2. The minimum atomic E-state index is -0.565. The van der Waals surface area contributed by atoms with Crippen molar-refractivity contribution < 1.29 is 8.78 Å². The van der Waals surface area contributed by atoms with Gasteiger partial charge in [0.25, 0.3) is 0 Å². The molecule has 0 aliphatic rings. The molecular formula is C15H15F2IN2. The zero-order valence-corrected chi connectivity index (χ0v) is 12.9. The van der Waals surface area contributed by atoms with E-state index in [0.29, 0.717) is 18.4 Å². The second kappa shape index (κ2) is 7.10. The molecule has 0 amide bonds. The number of halogens is 3. The van der Waals surface area contributed by atoms with E-state index in [0.717, 1.165) is 15.2 Å². The maximum Gasteiger partial charge on any atom is 0.126 e. The molecular weight excluding hydrogens is 373 g/mol. The molecule has 0 saturated heterocycles. The molecule has 0 aromatic heterocycles. The van der Waals surface area contributed by atoms with Crippen LogP contribution in [0.25, 0.3) is 0 Å². The Morgan fingerprint density at radius 2 is 1.50 bits per heavy atom. The van der Waals surface area contributed by atoms with E-state index in [2.05, 4.69) is 28.0 Å². The summed E-state index contributed by atoms with van der Waals surface area (Å²) < 4.78 is 27.5. The Labute approximate surface area is 130 Å². The van der Waals surface area contributed by atoms with Crippen molar-refractivity contribution in [2.45, 2.75) is 18.9 Å². The Hall–Kier alpha value is -1.05. The highest BCUT2D eigenvalue weighted by atomic mass is 127. The molecule has 0 fully saturated rings. The van der Waals surface area contributed by atoms with Crippen LogP contribution in [0.4, 0.5) is 8.78 Å². The minimum absolute atomic E-state index is 0.0729. The molecule has 2 aromatic carbocycles. The number of hydrogen-bond donors (Lipinski definition) is 2. The number of rotatable bonds is 5. The van der Waals surface area contributed by atoms with Crippen LogP contribution in [0.3, 0.4) is 0 Å². The van der Waals surface area contributed by atoms with E-state index in [1.807, 2.05) is 24.3 Å². The van der Waals surface area contributed by atoms with Gasteiger partial charge in [-0.25, -0.2) is 8.78 Å². The summed E-state index contributed by atoms with van der Waals surface area (Å²) in [7, 11) is 0. The predicted molar refractivity (Wildman–Crippen MR) is 84.0 cm³/mol. The fourth-order valence-electron chi connectivity index (χ4n) is 2.11. The van der Waals surface area contributed by atoms with E-state index in [4.69, 9.17) is 5.84 Å². The Kier molecular flexibility index (Phi) is 5.45. The van der Waals surface area contributed by atoms with Crippen molar-refractivity contribution in [2.75, 3.05) is 0 Å². The zero-order chi connectivity index (χ0) is 14.5. The molecule has 3 N–H and O–H groups in total. The second-order valence-corrected chi connectivity index (χ2v) is 5.92. The van der Waals surface area contributed by atoms with Crippen LogP contribution in [0.15, 0.2) is 42.5 Å². The van der Waals surface area contributed by atoms with Crippen LogP contribution >= 0.6 is 22.6 Å². The van der Waals surface area contributed by atoms with Crippen LogP contribution in [-0.2, 0) is 12.8 Å². The Morgan fingerprint density at radius 3 is 2.05 bits per heavy atom. The van der Waals surface area contributed by atoms with Gasteiger partial charge in [0, 0.05) is 15.7 Å². The molecule has 1 unspecified atom stereocenters. The zero-order valence-electron chi connectivity index (χ0n) is 10.7. The normalized spacial score (nSPS) is 12.4. The van der Waals surface area contributed by atoms with Gasteiger partial charge in [-0.1, -0.05) is 12.1 Å². The van der Waals surface area contributed by atoms with Crippen molar-refractivity contribution in [1.82, 2.24) is 5.43 Å². The molecule has 0 radical (unpaired) electrons. The Morgan fingerprint density at radius 1 is 0.950 bits per heavy atom. The SMILES string of the molecule is NNC(Cc1ccc(I)cc1)Cc1cc(F)cc(F)c1. The first-order valence-corrected chi connectivity index (χ1v) is 7.30. The van der Waals surface area contributed by atoms with Gasteiger partial charge >= 0.3 is 0 Å². The first-order chi connectivity index (χ1) is 9.56. The van der Waals surface area contributed by atoms with E-state index in [9.17, 15) is 8.78 Å². The van der Waals surface area contributed by atoms with Gasteiger partial charge in [0.15, 0.2) is 0 Å². The van der Waals surface area contributed by atoms with E-state index in [1.165, 1.54) is 12.1 Å². The number of hydrazine groups is 1. The number of hydrogen-bond acceptors (Lipinski definition) is 2. The molecule has 0 spiro atoms. The smallest absolute Gasteiger partial charge is 0.126 e. The van der Waals surface area contributed by atoms with Crippen LogP contribution < -0.4 is 11.3 Å². The summed E-state index contributed by atoms with van der Waals surface area (Å²) in [6.45, 7) is 0. The molecule has 2 aromatic rings. The molecule has 5 heteroatoms. The molecule has 106 valence electrons. The maximum atomic E-state index is 13.2. The van der Waals surface area contributed by atoms with Gasteiger partial charge in [-0.15, -0.1) is 0 Å². The molecule has 0 aliphatic heterocycles. The van der Waals surface area contributed by atoms with Crippen molar-refractivity contribution in [3.8, 4) is 0 Å². The molecule has 2 rings (SSSR count). The summed E-state index contributed by atoms with van der Waals surface area (Å²) >= 11 is 2.24. The second-order valence-electron chi connectivity index (χ2n) is 4.68. The molecule has 0 aliphatic carbocycles. The third kappa shape index (κ3) is 4.50. The van der Waals surface area contributed by atoms with E-state index in [-0.39, 0.29) is 6.04 Å². The molecule has 0 saturated carbocycles. The summed E-state index contributed by atoms with van der Waals surface area (Å²) in [6, 6.07) is 11.6. The lowest BCUT2D eigenvalue weighted by Gasteiger charge is -2.16. The molecule has 1 atom stereocenters. The predicted octanol–water partition coefficient (Wildman–Crippen LogP) is 3.19. The molecule has 20 heavy (non-hydrogen) atoms. The number of nitrogens with one attached hydrogen (secondary N) is 1. The minimum Gasteiger partial charge on any atom is -0.271 e. The highest BCUT2D eigenvalue weighted by Crippen LogP contribution is 2.13. The van der Waals surface area contributed by atoms with Gasteiger partial charge in [0.1, 0.15) is 11.6 Å². The summed E-state index contributed by atoms with van der Waals surface area (Å²) in [5.74, 6) is 4.41. The fraction of sp³-hybridized carbons (Fsp3) is 0.200. The van der Waals surface area contributed by atoms with E-state index in [1.54, 1.807) is 0 Å². The van der Waals surface area contributed by atoms with Crippen molar-refractivity contribution in [1.29, 1.82) is 0 Å². The fourth-order valence-corrected chi connectivity index (χ4v) is 2.47. The summed E-state index contributed by atoms with van der Waals surface area (Å²) in [5.41, 5.74) is 4.43. The van der Waals surface area contributed by atoms with Gasteiger partial charge in [-0.2, -0.15) is 0 Å². The van der Waals surface area contributed by atoms with Gasteiger partial charge in [0.05, 0.1) is 0 Å². The van der Waals surface area contributed by atoms with Gasteiger partial charge < -0.3 is 0 Å².